The van der Waals surface area contributed by atoms with Crippen LogP contribution in [0.4, 0.5) is 0 Å². The summed E-state index contributed by atoms with van der Waals surface area (Å²) in [6, 6.07) is -0.873. The maximum absolute atomic E-state index is 13.0. The summed E-state index contributed by atoms with van der Waals surface area (Å²) in [4.78, 5) is 23.3. The zero-order chi connectivity index (χ0) is 53.5. The van der Waals surface area contributed by atoms with Crippen molar-refractivity contribution in [3.63, 3.8) is 0 Å². The lowest BCUT2D eigenvalue weighted by Gasteiger charge is -2.25. The molecule has 9 heteroatoms. The Balaban J connectivity index is 4.17. The molecule has 0 saturated heterocycles. The average Bonchev–Trinajstić information content (AvgIpc) is 3.35. The van der Waals surface area contributed by atoms with E-state index in [0.29, 0.717) is 17.4 Å². The standard InChI is InChI=1S/C64H117N2O6P/c1-6-8-10-12-14-16-18-20-22-24-26-28-29-30-31-32-33-34-35-36-37-38-40-42-44-46-48-50-52-54-56-58-64(68)65-62(61-72-73(69,70)71-60-59-66(3,4)5)63(67)57-55-53-51-49-47-45-43-41-39-27-25-23-21-19-17-15-13-11-9-7-2/h8,10,14,16,20,22,26,28,39,41,47,49,55,57,62-63,67H,6-7,9,11-13,15,17-19,21,23-25,27,29-38,40,42-46,48,50-54,56,58-61H2,1-5H3,(H-,65,68,69,70)/p+1/b10-8-,16-14-,22-20-,28-26-,41-39+,49-47+,57-55+. The Morgan fingerprint density at radius 1 is 0.479 bits per heavy atom. The largest absolute Gasteiger partial charge is 0.472 e. The number of hydrogen-bond donors (Lipinski definition) is 3. The first-order valence-electron chi connectivity index (χ1n) is 30.5. The number of amides is 1. The minimum atomic E-state index is -4.36. The number of carbonyl (C=O) groups is 1. The number of carbonyl (C=O) groups excluding carboxylic acids is 1. The third-order valence-electron chi connectivity index (χ3n) is 13.3. The van der Waals surface area contributed by atoms with Crippen LogP contribution in [-0.4, -0.2) is 73.4 Å². The number of rotatable bonds is 55. The molecule has 0 aromatic heterocycles. The van der Waals surface area contributed by atoms with E-state index in [4.69, 9.17) is 9.05 Å². The molecule has 73 heavy (non-hydrogen) atoms. The van der Waals surface area contributed by atoms with Crippen molar-refractivity contribution < 1.29 is 32.9 Å². The van der Waals surface area contributed by atoms with E-state index in [1.807, 2.05) is 27.2 Å². The fourth-order valence-electron chi connectivity index (χ4n) is 8.60. The number of aliphatic hydroxyl groups excluding tert-OH is 1. The van der Waals surface area contributed by atoms with Gasteiger partial charge < -0.3 is 19.8 Å². The van der Waals surface area contributed by atoms with Crippen molar-refractivity contribution in [2.75, 3.05) is 40.9 Å². The van der Waals surface area contributed by atoms with Crippen LogP contribution in [-0.2, 0) is 18.4 Å². The second-order valence-corrected chi connectivity index (χ2v) is 23.1. The zero-order valence-corrected chi connectivity index (χ0v) is 49.3. The third-order valence-corrected chi connectivity index (χ3v) is 14.3. The second-order valence-electron chi connectivity index (χ2n) is 21.7. The summed E-state index contributed by atoms with van der Waals surface area (Å²) in [7, 11) is 1.55. The number of nitrogens with zero attached hydrogens (tertiary/aromatic N) is 1. The van der Waals surface area contributed by atoms with Crippen LogP contribution in [0.25, 0.3) is 0 Å². The van der Waals surface area contributed by atoms with Crippen LogP contribution in [0, 0.1) is 0 Å². The number of quaternary nitrogens is 1. The van der Waals surface area contributed by atoms with E-state index in [1.54, 1.807) is 6.08 Å². The maximum atomic E-state index is 13.0. The molecule has 3 unspecified atom stereocenters. The molecular weight excluding hydrogens is 924 g/mol. The molecule has 0 aromatic rings. The lowest BCUT2D eigenvalue weighted by atomic mass is 10.0. The molecule has 0 aromatic carbocycles. The molecule has 1 amide bonds. The molecule has 0 heterocycles. The molecule has 0 fully saturated rings. The van der Waals surface area contributed by atoms with E-state index >= 15 is 0 Å². The van der Waals surface area contributed by atoms with Crippen molar-refractivity contribution in [2.24, 2.45) is 0 Å². The summed E-state index contributed by atoms with van der Waals surface area (Å²) < 4.78 is 23.7. The van der Waals surface area contributed by atoms with Crippen molar-refractivity contribution in [2.45, 2.75) is 276 Å². The van der Waals surface area contributed by atoms with Gasteiger partial charge in [-0.3, -0.25) is 13.8 Å². The number of aliphatic hydroxyl groups is 1. The van der Waals surface area contributed by atoms with E-state index in [9.17, 15) is 19.4 Å². The van der Waals surface area contributed by atoms with Gasteiger partial charge >= 0.3 is 7.82 Å². The highest BCUT2D eigenvalue weighted by molar-refractivity contribution is 7.47. The van der Waals surface area contributed by atoms with Crippen LogP contribution < -0.4 is 5.32 Å². The third kappa shape index (κ3) is 57.2. The van der Waals surface area contributed by atoms with Crippen molar-refractivity contribution in [3.8, 4) is 0 Å². The van der Waals surface area contributed by atoms with Gasteiger partial charge in [-0.1, -0.05) is 259 Å². The van der Waals surface area contributed by atoms with Crippen LogP contribution in [0.3, 0.4) is 0 Å². The molecular formula is C64H118N2O6P+. The summed E-state index contributed by atoms with van der Waals surface area (Å²) in [5.41, 5.74) is 0. The van der Waals surface area contributed by atoms with Gasteiger partial charge in [-0.15, -0.1) is 0 Å². The minimum absolute atomic E-state index is 0.0517. The Morgan fingerprint density at radius 2 is 0.836 bits per heavy atom. The van der Waals surface area contributed by atoms with Gasteiger partial charge in [0.15, 0.2) is 0 Å². The SMILES string of the molecule is CC/C=C\C/C=C\C/C=C\C/C=C\CCCCCCCCCCCCCCCCCCCCC(=O)NC(COP(=O)(O)OCC[N+](C)(C)C)C(O)/C=C/CC/C=C/CC/C=C/CCCCCCCCCCCC. The topological polar surface area (TPSA) is 105 Å². The van der Waals surface area contributed by atoms with Gasteiger partial charge in [0.2, 0.25) is 5.91 Å². The number of phosphoric acid groups is 1. The van der Waals surface area contributed by atoms with Gasteiger partial charge in [0, 0.05) is 6.42 Å². The van der Waals surface area contributed by atoms with Crippen molar-refractivity contribution in [3.05, 3.63) is 85.1 Å². The van der Waals surface area contributed by atoms with Crippen molar-refractivity contribution >= 4 is 13.7 Å². The molecule has 0 aliphatic rings. The Labute approximate surface area is 452 Å². The van der Waals surface area contributed by atoms with E-state index in [0.717, 1.165) is 70.6 Å². The normalized spacial score (nSPS) is 14.5. The monoisotopic (exact) mass is 1040 g/mol. The highest BCUT2D eigenvalue weighted by Crippen LogP contribution is 2.43. The summed E-state index contributed by atoms with van der Waals surface area (Å²) in [6.07, 6.45) is 77.0. The number of likely N-dealkylation sites (N-methyl/N-ethyl adjacent to an activating group) is 1. The molecule has 0 aliphatic heterocycles. The van der Waals surface area contributed by atoms with Gasteiger partial charge in [0.05, 0.1) is 39.9 Å². The quantitative estimate of drug-likeness (QED) is 0.0243. The summed E-state index contributed by atoms with van der Waals surface area (Å²) in [6.45, 7) is 4.69. The molecule has 0 radical (unpaired) electrons. The van der Waals surface area contributed by atoms with Crippen molar-refractivity contribution in [1.82, 2.24) is 5.32 Å². The first-order valence-corrected chi connectivity index (χ1v) is 32.0. The van der Waals surface area contributed by atoms with Crippen LogP contribution in [0.1, 0.15) is 264 Å². The number of allylic oxidation sites excluding steroid dienone is 13. The minimum Gasteiger partial charge on any atom is -0.387 e. The Bertz CT molecular complexity index is 1460. The zero-order valence-electron chi connectivity index (χ0n) is 48.4. The van der Waals surface area contributed by atoms with E-state index in [2.05, 4.69) is 92.1 Å². The number of nitrogens with one attached hydrogen (secondary N) is 1. The van der Waals surface area contributed by atoms with E-state index < -0.39 is 20.0 Å². The lowest BCUT2D eigenvalue weighted by molar-refractivity contribution is -0.870. The second kappa shape index (κ2) is 54.5. The van der Waals surface area contributed by atoms with Crippen molar-refractivity contribution in [1.29, 1.82) is 0 Å². The Kier molecular flexibility index (Phi) is 52.7. The first kappa shape index (κ1) is 70.7. The molecule has 0 rings (SSSR count). The first-order chi connectivity index (χ1) is 35.5. The maximum Gasteiger partial charge on any atom is 0.472 e. The van der Waals surface area contributed by atoms with Gasteiger partial charge in [-0.25, -0.2) is 4.57 Å². The van der Waals surface area contributed by atoms with Gasteiger partial charge in [0.1, 0.15) is 13.2 Å². The smallest absolute Gasteiger partial charge is 0.387 e. The predicted octanol–water partition coefficient (Wildman–Crippen LogP) is 18.8. The van der Waals surface area contributed by atoms with Gasteiger partial charge in [0.25, 0.3) is 0 Å². The molecule has 3 N–H and O–H groups in total. The summed E-state index contributed by atoms with van der Waals surface area (Å²) in [5, 5.41) is 13.9. The summed E-state index contributed by atoms with van der Waals surface area (Å²) in [5.74, 6) is -0.190. The Hall–Kier alpha value is -2.32. The summed E-state index contributed by atoms with van der Waals surface area (Å²) >= 11 is 0. The number of unbranched alkanes of at least 4 members (excludes halogenated alkanes) is 30. The molecule has 424 valence electrons. The van der Waals surface area contributed by atoms with E-state index in [-0.39, 0.29) is 19.1 Å². The van der Waals surface area contributed by atoms with Crippen LogP contribution in [0.15, 0.2) is 85.1 Å². The van der Waals surface area contributed by atoms with Crippen LogP contribution in [0.2, 0.25) is 0 Å². The van der Waals surface area contributed by atoms with Crippen LogP contribution >= 0.6 is 7.82 Å². The molecule has 0 aliphatic carbocycles. The molecule has 0 saturated carbocycles. The highest BCUT2D eigenvalue weighted by atomic mass is 31.2. The van der Waals surface area contributed by atoms with E-state index in [1.165, 1.54) is 173 Å². The predicted molar refractivity (Wildman–Crippen MR) is 318 cm³/mol. The molecule has 0 bridgehead atoms. The average molecular weight is 1040 g/mol. The molecule has 3 atom stereocenters. The fourth-order valence-corrected chi connectivity index (χ4v) is 9.33. The van der Waals surface area contributed by atoms with Gasteiger partial charge in [-0.2, -0.15) is 0 Å². The lowest BCUT2D eigenvalue weighted by Crippen LogP contribution is -2.45. The number of hydrogen-bond acceptors (Lipinski definition) is 5. The van der Waals surface area contributed by atoms with Crippen LogP contribution in [0.5, 0.6) is 0 Å². The fraction of sp³-hybridized carbons (Fsp3) is 0.766. The Morgan fingerprint density at radius 3 is 1.26 bits per heavy atom. The van der Waals surface area contributed by atoms with Gasteiger partial charge in [-0.05, 0) is 83.5 Å². The molecule has 0 spiro atoms. The molecule has 8 nitrogen and oxygen atoms in total. The number of phosphoric ester groups is 1. The highest BCUT2D eigenvalue weighted by Gasteiger charge is 2.27.